The lowest BCUT2D eigenvalue weighted by Crippen LogP contribution is -2.37. The molecule has 0 aromatic rings. The Hall–Kier alpha value is -0.570. The van der Waals surface area contributed by atoms with Crippen LogP contribution in [0.5, 0.6) is 0 Å². The van der Waals surface area contributed by atoms with Gasteiger partial charge in [-0.2, -0.15) is 0 Å². The number of methoxy groups -OCH3 is 1. The van der Waals surface area contributed by atoms with Gasteiger partial charge in [-0.1, -0.05) is 34.1 Å². The monoisotopic (exact) mass is 202 g/mol. The van der Waals surface area contributed by atoms with Crippen LogP contribution in [0.3, 0.4) is 0 Å². The first-order chi connectivity index (χ1) is 6.45. The van der Waals surface area contributed by atoms with Gasteiger partial charge in [-0.3, -0.25) is 4.79 Å². The Morgan fingerprint density at radius 2 is 1.86 bits per heavy atom. The molecule has 0 saturated heterocycles. The number of hydrogen-bond acceptors (Lipinski definition) is 3. The number of carbonyl (C=O) groups is 1. The first-order valence-corrected chi connectivity index (χ1v) is 5.21. The molecule has 84 valence electrons. The lowest BCUT2D eigenvalue weighted by molar-refractivity contribution is -0.153. The molecule has 0 aliphatic heterocycles. The van der Waals surface area contributed by atoms with Gasteiger partial charge in [0.25, 0.3) is 0 Å². The summed E-state index contributed by atoms with van der Waals surface area (Å²) in [7, 11) is 1.36. The molecule has 0 aliphatic rings. The first-order valence-electron chi connectivity index (χ1n) is 5.21. The number of ether oxygens (including phenoxy) is 1. The van der Waals surface area contributed by atoms with Gasteiger partial charge in [0.15, 0.2) is 0 Å². The van der Waals surface area contributed by atoms with Crippen molar-refractivity contribution in [3.05, 3.63) is 0 Å². The molecular formula is C11H22O3. The Bertz CT molecular complexity index is 177. The van der Waals surface area contributed by atoms with Crippen molar-refractivity contribution in [2.24, 2.45) is 17.8 Å². The average Bonchev–Trinajstić information content (AvgIpc) is 2.15. The van der Waals surface area contributed by atoms with E-state index in [1.54, 1.807) is 0 Å². The molecule has 3 nitrogen and oxygen atoms in total. The second-order valence-electron chi connectivity index (χ2n) is 4.17. The average molecular weight is 202 g/mol. The van der Waals surface area contributed by atoms with Crippen LogP contribution in [0.4, 0.5) is 0 Å². The topological polar surface area (TPSA) is 46.5 Å². The summed E-state index contributed by atoms with van der Waals surface area (Å²) in [6.45, 7) is 7.80. The largest absolute Gasteiger partial charge is 0.469 e. The fourth-order valence-electron chi connectivity index (χ4n) is 1.54. The molecule has 0 radical (unpaired) electrons. The molecule has 0 amide bonds. The number of hydrogen-bond donors (Lipinski definition) is 1. The van der Waals surface area contributed by atoms with E-state index in [4.69, 9.17) is 4.74 Å². The van der Waals surface area contributed by atoms with Crippen molar-refractivity contribution in [2.75, 3.05) is 7.11 Å². The molecule has 14 heavy (non-hydrogen) atoms. The summed E-state index contributed by atoms with van der Waals surface area (Å²) in [5.74, 6) is -0.490. The molecule has 0 aromatic carbocycles. The molecule has 0 heterocycles. The van der Waals surface area contributed by atoms with Crippen LogP contribution in [0, 0.1) is 17.8 Å². The Balaban J connectivity index is 4.56. The fourth-order valence-corrected chi connectivity index (χ4v) is 1.54. The second-order valence-corrected chi connectivity index (χ2v) is 4.17. The summed E-state index contributed by atoms with van der Waals surface area (Å²) >= 11 is 0. The molecule has 0 aliphatic carbocycles. The number of rotatable bonds is 5. The molecule has 0 aromatic heterocycles. The Morgan fingerprint density at radius 3 is 2.14 bits per heavy atom. The van der Waals surface area contributed by atoms with E-state index in [1.807, 2.05) is 27.7 Å². The Labute approximate surface area is 86.5 Å². The second kappa shape index (κ2) is 6.02. The zero-order valence-corrected chi connectivity index (χ0v) is 9.78. The number of aliphatic hydroxyl groups excluding tert-OH is 1. The highest BCUT2D eigenvalue weighted by molar-refractivity contribution is 5.73. The number of aliphatic hydroxyl groups is 1. The lowest BCUT2D eigenvalue weighted by Gasteiger charge is -2.27. The van der Waals surface area contributed by atoms with Crippen LogP contribution >= 0.6 is 0 Å². The first kappa shape index (κ1) is 13.4. The molecule has 0 fully saturated rings. The van der Waals surface area contributed by atoms with Gasteiger partial charge in [-0.05, 0) is 11.8 Å². The molecule has 1 N–H and O–H groups in total. The summed E-state index contributed by atoms with van der Waals surface area (Å²) in [5.41, 5.74) is 0. The molecule has 3 heteroatoms. The van der Waals surface area contributed by atoms with Crippen molar-refractivity contribution in [3.63, 3.8) is 0 Å². The van der Waals surface area contributed by atoms with Crippen molar-refractivity contribution in [2.45, 2.75) is 40.2 Å². The van der Waals surface area contributed by atoms with Crippen molar-refractivity contribution < 1.29 is 14.6 Å². The van der Waals surface area contributed by atoms with Gasteiger partial charge in [0.1, 0.15) is 0 Å². The predicted octanol–water partition coefficient (Wildman–Crippen LogP) is 1.84. The zero-order chi connectivity index (χ0) is 11.3. The highest BCUT2D eigenvalue weighted by Gasteiger charge is 2.33. The smallest absolute Gasteiger partial charge is 0.311 e. The van der Waals surface area contributed by atoms with Gasteiger partial charge in [-0.15, -0.1) is 0 Å². The Morgan fingerprint density at radius 1 is 1.36 bits per heavy atom. The van der Waals surface area contributed by atoms with E-state index in [-0.39, 0.29) is 17.8 Å². The van der Waals surface area contributed by atoms with Crippen molar-refractivity contribution in [3.8, 4) is 0 Å². The maximum absolute atomic E-state index is 11.4. The van der Waals surface area contributed by atoms with E-state index < -0.39 is 12.0 Å². The summed E-state index contributed by atoms with van der Waals surface area (Å²) in [4.78, 5) is 11.4. The van der Waals surface area contributed by atoms with Crippen LogP contribution in [0.2, 0.25) is 0 Å². The summed E-state index contributed by atoms with van der Waals surface area (Å²) in [6.07, 6.45) is 0.258. The van der Waals surface area contributed by atoms with Gasteiger partial charge in [-0.25, -0.2) is 0 Å². The maximum Gasteiger partial charge on any atom is 0.311 e. The minimum absolute atomic E-state index is 0.103. The van der Waals surface area contributed by atoms with Gasteiger partial charge < -0.3 is 9.84 Å². The van der Waals surface area contributed by atoms with E-state index in [9.17, 15) is 9.90 Å². The molecular weight excluding hydrogens is 180 g/mol. The van der Waals surface area contributed by atoms with Crippen LogP contribution in [0.1, 0.15) is 34.1 Å². The van der Waals surface area contributed by atoms with Crippen LogP contribution in [0.15, 0.2) is 0 Å². The Kier molecular flexibility index (Phi) is 5.77. The highest BCUT2D eigenvalue weighted by atomic mass is 16.5. The zero-order valence-electron chi connectivity index (χ0n) is 9.78. The van der Waals surface area contributed by atoms with Crippen LogP contribution < -0.4 is 0 Å². The number of esters is 1. The summed E-state index contributed by atoms with van der Waals surface area (Å²) in [6, 6.07) is 0. The van der Waals surface area contributed by atoms with Gasteiger partial charge in [0.2, 0.25) is 0 Å². The quantitative estimate of drug-likeness (QED) is 0.692. The van der Waals surface area contributed by atoms with E-state index in [1.165, 1.54) is 7.11 Å². The molecule has 0 spiro atoms. The minimum Gasteiger partial charge on any atom is -0.469 e. The van der Waals surface area contributed by atoms with Crippen LogP contribution in [-0.4, -0.2) is 24.3 Å². The van der Waals surface area contributed by atoms with E-state index in [0.29, 0.717) is 0 Å². The number of carbonyl (C=O) groups excluding carboxylic acids is 1. The van der Waals surface area contributed by atoms with Crippen molar-refractivity contribution in [1.29, 1.82) is 0 Å². The fraction of sp³-hybridized carbons (Fsp3) is 0.909. The third-order valence-corrected chi connectivity index (χ3v) is 2.79. The molecule has 0 bridgehead atoms. The third-order valence-electron chi connectivity index (χ3n) is 2.79. The summed E-state index contributed by atoms with van der Waals surface area (Å²) in [5, 5.41) is 9.95. The SMILES string of the molecule is CCC(C)C(O)C(C(=O)OC)C(C)C. The lowest BCUT2D eigenvalue weighted by atomic mass is 9.83. The van der Waals surface area contributed by atoms with Gasteiger partial charge >= 0.3 is 5.97 Å². The standard InChI is InChI=1S/C11H22O3/c1-6-8(4)10(12)9(7(2)3)11(13)14-5/h7-10,12H,6H2,1-5H3. The molecule has 3 unspecified atom stereocenters. The normalized spacial score (nSPS) is 17.6. The van der Waals surface area contributed by atoms with Crippen molar-refractivity contribution >= 4 is 5.97 Å². The molecule has 0 saturated carbocycles. The molecule has 3 atom stereocenters. The molecule has 0 rings (SSSR count). The van der Waals surface area contributed by atoms with Gasteiger partial charge in [0, 0.05) is 0 Å². The van der Waals surface area contributed by atoms with Crippen molar-refractivity contribution in [1.82, 2.24) is 0 Å². The highest BCUT2D eigenvalue weighted by Crippen LogP contribution is 2.24. The van der Waals surface area contributed by atoms with Crippen LogP contribution in [0.25, 0.3) is 0 Å². The summed E-state index contributed by atoms with van der Waals surface area (Å²) < 4.78 is 4.69. The van der Waals surface area contributed by atoms with E-state index in [0.717, 1.165) is 6.42 Å². The van der Waals surface area contributed by atoms with Gasteiger partial charge in [0.05, 0.1) is 19.1 Å². The van der Waals surface area contributed by atoms with Crippen LogP contribution in [-0.2, 0) is 9.53 Å². The minimum atomic E-state index is -0.604. The predicted molar refractivity (Wildman–Crippen MR) is 55.8 cm³/mol. The van der Waals surface area contributed by atoms with E-state index in [2.05, 4.69) is 0 Å². The van der Waals surface area contributed by atoms with E-state index >= 15 is 0 Å². The third kappa shape index (κ3) is 3.29. The maximum atomic E-state index is 11.4.